The maximum absolute atomic E-state index is 11.3. The van der Waals surface area contributed by atoms with Crippen LogP contribution >= 0.6 is 0 Å². The van der Waals surface area contributed by atoms with Crippen molar-refractivity contribution in [3.8, 4) is 5.75 Å². The first-order valence-electron chi connectivity index (χ1n) is 4.70. The summed E-state index contributed by atoms with van der Waals surface area (Å²) in [5, 5.41) is 17.8. The highest BCUT2D eigenvalue weighted by Crippen LogP contribution is 2.16. The van der Waals surface area contributed by atoms with Crippen LogP contribution in [-0.4, -0.2) is 16.8 Å². The summed E-state index contributed by atoms with van der Waals surface area (Å²) in [6.07, 6.45) is 5.73. The molecule has 1 aromatic carbocycles. The number of allylic oxidation sites excluding steroid dienone is 4. The van der Waals surface area contributed by atoms with Crippen LogP contribution in [0.25, 0.3) is 5.57 Å². The third-order valence-corrected chi connectivity index (χ3v) is 2.06. The second-order valence-corrected chi connectivity index (χ2v) is 3.21. The minimum atomic E-state index is -1.25. The van der Waals surface area contributed by atoms with Crippen molar-refractivity contribution < 1.29 is 10.2 Å². The predicted molar refractivity (Wildman–Crippen MR) is 63.7 cm³/mol. The van der Waals surface area contributed by atoms with Crippen LogP contribution in [0.1, 0.15) is 5.56 Å². The van der Waals surface area contributed by atoms with Crippen LogP contribution in [0.5, 0.6) is 5.75 Å². The number of hydrogen-bond acceptors (Lipinski definition) is 5. The molecule has 5 nitrogen and oxygen atoms in total. The lowest BCUT2D eigenvalue weighted by Gasteiger charge is -1.94. The largest absolute Gasteiger partial charge is 0.503 e. The standard InChI is InChI=1S/C12H10O5/c1-7(5-3-2-4-6-13)8-9(14)11(16)12(17)10(8)15/h2-5,13-14H,1,6H2/b4-2-,5-3-. The van der Waals surface area contributed by atoms with E-state index in [1.807, 2.05) is 0 Å². The Morgan fingerprint density at radius 2 is 1.76 bits per heavy atom. The summed E-state index contributed by atoms with van der Waals surface area (Å²) in [6.45, 7) is 3.34. The molecule has 0 saturated carbocycles. The number of aromatic hydroxyl groups is 1. The van der Waals surface area contributed by atoms with Gasteiger partial charge < -0.3 is 10.2 Å². The maximum Gasteiger partial charge on any atom is 0.277 e. The number of aliphatic hydroxyl groups is 1. The zero-order valence-electron chi connectivity index (χ0n) is 8.84. The summed E-state index contributed by atoms with van der Waals surface area (Å²) in [5.41, 5.74) is -3.81. The average molecular weight is 234 g/mol. The van der Waals surface area contributed by atoms with Crippen molar-refractivity contribution in [1.82, 2.24) is 0 Å². The molecule has 0 heterocycles. The van der Waals surface area contributed by atoms with Crippen molar-refractivity contribution in [3.05, 3.63) is 67.1 Å². The number of aliphatic hydroxyl groups excluding tert-OH is 1. The lowest BCUT2D eigenvalue weighted by atomic mass is 10.1. The monoisotopic (exact) mass is 234 g/mol. The quantitative estimate of drug-likeness (QED) is 0.539. The summed E-state index contributed by atoms with van der Waals surface area (Å²) in [7, 11) is 0. The smallest absolute Gasteiger partial charge is 0.277 e. The van der Waals surface area contributed by atoms with Crippen LogP contribution in [0.15, 0.2) is 45.3 Å². The van der Waals surface area contributed by atoms with Crippen molar-refractivity contribution in [2.75, 3.05) is 6.61 Å². The average Bonchev–Trinajstić information content (AvgIpc) is 2.49. The lowest BCUT2D eigenvalue weighted by molar-refractivity contribution is 0.343. The van der Waals surface area contributed by atoms with E-state index in [-0.39, 0.29) is 17.7 Å². The summed E-state index contributed by atoms with van der Waals surface area (Å²) in [6, 6.07) is 0. The summed E-state index contributed by atoms with van der Waals surface area (Å²) in [4.78, 5) is 33.3. The molecule has 0 atom stereocenters. The molecule has 0 radical (unpaired) electrons. The molecule has 0 bridgehead atoms. The van der Waals surface area contributed by atoms with E-state index in [0.717, 1.165) is 0 Å². The highest BCUT2D eigenvalue weighted by atomic mass is 16.3. The zero-order valence-corrected chi connectivity index (χ0v) is 8.84. The normalized spacial score (nSPS) is 11.6. The van der Waals surface area contributed by atoms with E-state index in [4.69, 9.17) is 5.11 Å². The molecule has 2 N–H and O–H groups in total. The molecule has 0 unspecified atom stereocenters. The Labute approximate surface area is 96.0 Å². The van der Waals surface area contributed by atoms with E-state index < -0.39 is 22.0 Å². The molecule has 88 valence electrons. The molecule has 0 amide bonds. The van der Waals surface area contributed by atoms with Gasteiger partial charge in [0.1, 0.15) is 0 Å². The molecule has 5 heteroatoms. The molecule has 0 aromatic heterocycles. The Morgan fingerprint density at radius 3 is 2.24 bits per heavy atom. The fourth-order valence-corrected chi connectivity index (χ4v) is 1.24. The number of hydrogen-bond donors (Lipinski definition) is 2. The van der Waals surface area contributed by atoms with Gasteiger partial charge in [-0.1, -0.05) is 30.9 Å². The molecule has 0 aliphatic carbocycles. The Kier molecular flexibility index (Phi) is 3.90. The minimum Gasteiger partial charge on any atom is -0.503 e. The van der Waals surface area contributed by atoms with Crippen molar-refractivity contribution in [2.24, 2.45) is 0 Å². The topological polar surface area (TPSA) is 91.7 Å². The van der Waals surface area contributed by atoms with Gasteiger partial charge in [0, 0.05) is 0 Å². The molecular formula is C12H10O5. The van der Waals surface area contributed by atoms with Gasteiger partial charge in [0.05, 0.1) is 12.2 Å². The molecule has 0 aliphatic heterocycles. The van der Waals surface area contributed by atoms with Gasteiger partial charge in [-0.15, -0.1) is 0 Å². The van der Waals surface area contributed by atoms with Gasteiger partial charge in [0.25, 0.3) is 10.9 Å². The van der Waals surface area contributed by atoms with Crippen molar-refractivity contribution in [1.29, 1.82) is 0 Å². The van der Waals surface area contributed by atoms with Crippen molar-refractivity contribution in [2.45, 2.75) is 0 Å². The van der Waals surface area contributed by atoms with Crippen molar-refractivity contribution >= 4 is 5.57 Å². The lowest BCUT2D eigenvalue weighted by Crippen LogP contribution is -2.30. The Bertz CT molecular complexity index is 627. The molecular weight excluding hydrogens is 224 g/mol. The van der Waals surface area contributed by atoms with Gasteiger partial charge in [-0.3, -0.25) is 14.4 Å². The van der Waals surface area contributed by atoms with Crippen LogP contribution in [0, 0.1) is 0 Å². The molecule has 0 spiro atoms. The fraction of sp³-hybridized carbons (Fsp3) is 0.0833. The Hall–Kier alpha value is -2.27. The number of rotatable bonds is 4. The highest BCUT2D eigenvalue weighted by Gasteiger charge is 2.19. The highest BCUT2D eigenvalue weighted by molar-refractivity contribution is 5.76. The molecule has 1 rings (SSSR count). The van der Waals surface area contributed by atoms with Gasteiger partial charge in [-0.05, 0) is 5.57 Å². The van der Waals surface area contributed by atoms with E-state index in [9.17, 15) is 19.5 Å². The minimum absolute atomic E-state index is 0.0642. The third-order valence-electron chi connectivity index (χ3n) is 2.06. The zero-order chi connectivity index (χ0) is 13.0. The second kappa shape index (κ2) is 5.18. The van der Waals surface area contributed by atoms with E-state index in [1.165, 1.54) is 24.3 Å². The van der Waals surface area contributed by atoms with Gasteiger partial charge in [0.15, 0.2) is 5.75 Å². The van der Waals surface area contributed by atoms with Crippen molar-refractivity contribution in [3.63, 3.8) is 0 Å². The molecule has 1 aromatic rings. The van der Waals surface area contributed by atoms with Crippen LogP contribution in [-0.2, 0) is 0 Å². The molecule has 17 heavy (non-hydrogen) atoms. The van der Waals surface area contributed by atoms with Gasteiger partial charge >= 0.3 is 0 Å². The van der Waals surface area contributed by atoms with E-state index in [1.54, 1.807) is 0 Å². The first-order chi connectivity index (χ1) is 8.00. The van der Waals surface area contributed by atoms with E-state index >= 15 is 0 Å². The van der Waals surface area contributed by atoms with Gasteiger partial charge in [-0.25, -0.2) is 0 Å². The molecule has 0 fully saturated rings. The summed E-state index contributed by atoms with van der Waals surface area (Å²) < 4.78 is 0. The fourth-order valence-electron chi connectivity index (χ4n) is 1.24. The van der Waals surface area contributed by atoms with Gasteiger partial charge in [-0.2, -0.15) is 0 Å². The first-order valence-corrected chi connectivity index (χ1v) is 4.70. The molecule has 0 aliphatic rings. The van der Waals surface area contributed by atoms with Crippen LogP contribution in [0.3, 0.4) is 0 Å². The van der Waals surface area contributed by atoms with Gasteiger partial charge in [0.2, 0.25) is 5.43 Å². The summed E-state index contributed by atoms with van der Waals surface area (Å²) >= 11 is 0. The molecule has 0 saturated heterocycles. The Balaban J connectivity index is 3.15. The van der Waals surface area contributed by atoms with Crippen LogP contribution in [0.2, 0.25) is 0 Å². The van der Waals surface area contributed by atoms with E-state index in [2.05, 4.69) is 6.58 Å². The van der Waals surface area contributed by atoms with Crippen LogP contribution < -0.4 is 16.3 Å². The first kappa shape index (κ1) is 12.8. The third kappa shape index (κ3) is 2.46. The SMILES string of the molecule is C=C(/C=C\C=C/CO)c1c(O)c(=O)c(=O)c1=O. The predicted octanol–water partition coefficient (Wildman–Crippen LogP) is -0.534. The Morgan fingerprint density at radius 1 is 1.12 bits per heavy atom. The maximum atomic E-state index is 11.3. The second-order valence-electron chi connectivity index (χ2n) is 3.21. The van der Waals surface area contributed by atoms with E-state index in [0.29, 0.717) is 0 Å². The van der Waals surface area contributed by atoms with Crippen LogP contribution in [0.4, 0.5) is 0 Å². The summed E-state index contributed by atoms with van der Waals surface area (Å²) in [5.74, 6) is -0.860.